The van der Waals surface area contributed by atoms with E-state index < -0.39 is 39.8 Å². The lowest BCUT2D eigenvalue weighted by Crippen LogP contribution is -2.54. The molecule has 2 heterocycles. The van der Waals surface area contributed by atoms with Crippen LogP contribution in [0.3, 0.4) is 0 Å². The number of hydrogen-bond acceptors (Lipinski definition) is 8. The molecule has 1 atom stereocenters. The van der Waals surface area contributed by atoms with Gasteiger partial charge in [-0.25, -0.2) is 0 Å². The molecule has 0 spiro atoms. The molecule has 0 saturated carbocycles. The zero-order chi connectivity index (χ0) is 23.9. The quantitative estimate of drug-likeness (QED) is 0.497. The number of imide groups is 2. The minimum absolute atomic E-state index is 0.00204. The lowest BCUT2D eigenvalue weighted by atomic mass is 10.0. The van der Waals surface area contributed by atoms with Crippen molar-refractivity contribution in [2.75, 3.05) is 6.61 Å². The molecule has 1 unspecified atom stereocenters. The average molecular weight is 472 g/mol. The second-order valence-corrected chi connectivity index (χ2v) is 9.15. The first-order valence-corrected chi connectivity index (χ1v) is 11.6. The molecule has 0 bridgehead atoms. The summed E-state index contributed by atoms with van der Waals surface area (Å²) in [5.41, 5.74) is 0.837. The van der Waals surface area contributed by atoms with Crippen molar-refractivity contribution in [3.8, 4) is 11.5 Å². The summed E-state index contributed by atoms with van der Waals surface area (Å²) < 4.78 is 35.5. The zero-order valence-electron chi connectivity index (χ0n) is 17.8. The van der Waals surface area contributed by atoms with Gasteiger partial charge in [-0.1, -0.05) is 6.07 Å². The predicted octanol–water partition coefficient (Wildman–Crippen LogP) is 1.91. The highest BCUT2D eigenvalue weighted by molar-refractivity contribution is 7.86. The third-order valence-corrected chi connectivity index (χ3v) is 6.70. The van der Waals surface area contributed by atoms with Gasteiger partial charge < -0.3 is 4.74 Å². The summed E-state index contributed by atoms with van der Waals surface area (Å²) in [5, 5.41) is 2.14. The largest absolute Gasteiger partial charge is 0.456 e. The topological polar surface area (TPSA) is 136 Å². The van der Waals surface area contributed by atoms with E-state index >= 15 is 0 Å². The second-order valence-electron chi connectivity index (χ2n) is 7.57. The maximum Gasteiger partial charge on any atom is 0.300 e. The highest BCUT2D eigenvalue weighted by Crippen LogP contribution is 2.34. The molecule has 0 aliphatic carbocycles. The minimum Gasteiger partial charge on any atom is -0.456 e. The Hall–Kier alpha value is -3.57. The Bertz CT molecular complexity index is 1300. The van der Waals surface area contributed by atoms with Gasteiger partial charge in [0.25, 0.3) is 11.8 Å². The molecule has 2 aromatic carbocycles. The van der Waals surface area contributed by atoms with Crippen LogP contribution in [-0.4, -0.2) is 49.6 Å². The van der Waals surface area contributed by atoms with Gasteiger partial charge in [-0.3, -0.25) is 33.6 Å². The van der Waals surface area contributed by atoms with Crippen LogP contribution < -0.4 is 10.1 Å². The number of carbonyl (C=O) groups is 4. The molecule has 2 aliphatic heterocycles. The number of carbonyl (C=O) groups excluding carboxylic acids is 4. The fraction of sp³-hybridized carbons (Fsp3) is 0.273. The molecule has 4 amide bonds. The van der Waals surface area contributed by atoms with Crippen LogP contribution >= 0.6 is 0 Å². The Morgan fingerprint density at radius 1 is 1.03 bits per heavy atom. The first-order chi connectivity index (χ1) is 15.6. The molecule has 2 aromatic rings. The van der Waals surface area contributed by atoms with Crippen LogP contribution in [0.15, 0.2) is 41.3 Å². The van der Waals surface area contributed by atoms with E-state index in [4.69, 9.17) is 8.92 Å². The van der Waals surface area contributed by atoms with Crippen molar-refractivity contribution in [3.63, 3.8) is 0 Å². The molecule has 11 heteroatoms. The zero-order valence-corrected chi connectivity index (χ0v) is 18.6. The summed E-state index contributed by atoms with van der Waals surface area (Å²) >= 11 is 0. The monoisotopic (exact) mass is 472 g/mol. The van der Waals surface area contributed by atoms with Crippen LogP contribution in [0.25, 0.3) is 0 Å². The number of benzene rings is 2. The van der Waals surface area contributed by atoms with E-state index in [0.29, 0.717) is 0 Å². The van der Waals surface area contributed by atoms with Crippen LogP contribution in [-0.2, 0) is 23.9 Å². The normalized spacial score (nSPS) is 18.4. The fourth-order valence-corrected chi connectivity index (χ4v) is 4.78. The molecule has 4 rings (SSSR count). The molecular formula is C22H20N2O8S. The van der Waals surface area contributed by atoms with Gasteiger partial charge in [0.2, 0.25) is 11.8 Å². The van der Waals surface area contributed by atoms with Crippen molar-refractivity contribution in [1.29, 1.82) is 0 Å². The summed E-state index contributed by atoms with van der Waals surface area (Å²) in [4.78, 5) is 50.0. The van der Waals surface area contributed by atoms with Gasteiger partial charge in [0.15, 0.2) is 0 Å². The van der Waals surface area contributed by atoms with Gasteiger partial charge in [0.05, 0.1) is 17.7 Å². The Morgan fingerprint density at radius 3 is 2.45 bits per heavy atom. The van der Waals surface area contributed by atoms with Gasteiger partial charge in [-0.15, -0.1) is 0 Å². The van der Waals surface area contributed by atoms with Gasteiger partial charge in [0.1, 0.15) is 22.4 Å². The van der Waals surface area contributed by atoms with E-state index in [0.717, 1.165) is 10.5 Å². The summed E-state index contributed by atoms with van der Waals surface area (Å²) in [6, 6.07) is 7.52. The maximum atomic E-state index is 13.0. The number of nitrogens with zero attached hydrogens (tertiary/aromatic N) is 1. The summed E-state index contributed by atoms with van der Waals surface area (Å²) in [5.74, 6) is -2.38. The molecule has 1 N–H and O–H groups in total. The van der Waals surface area contributed by atoms with Crippen molar-refractivity contribution >= 4 is 33.7 Å². The van der Waals surface area contributed by atoms with Crippen molar-refractivity contribution in [2.24, 2.45) is 0 Å². The number of rotatable bonds is 6. The summed E-state index contributed by atoms with van der Waals surface area (Å²) in [7, 11) is -4.07. The van der Waals surface area contributed by atoms with E-state index in [1.165, 1.54) is 30.3 Å². The Kier molecular flexibility index (Phi) is 5.76. The summed E-state index contributed by atoms with van der Waals surface area (Å²) in [6.45, 7) is 3.25. The number of hydrogen-bond donors (Lipinski definition) is 1. The van der Waals surface area contributed by atoms with Crippen molar-refractivity contribution < 1.29 is 36.5 Å². The molecule has 33 heavy (non-hydrogen) atoms. The third-order valence-electron chi connectivity index (χ3n) is 5.28. The first-order valence-electron chi connectivity index (χ1n) is 10.2. The highest BCUT2D eigenvalue weighted by atomic mass is 32.2. The smallest absolute Gasteiger partial charge is 0.300 e. The van der Waals surface area contributed by atoms with E-state index in [1.54, 1.807) is 19.9 Å². The van der Waals surface area contributed by atoms with Crippen molar-refractivity contribution in [3.05, 3.63) is 53.1 Å². The van der Waals surface area contributed by atoms with Gasteiger partial charge in [0, 0.05) is 6.42 Å². The minimum atomic E-state index is -4.07. The molecule has 172 valence electrons. The highest BCUT2D eigenvalue weighted by Gasteiger charge is 2.44. The lowest BCUT2D eigenvalue weighted by Gasteiger charge is -2.27. The average Bonchev–Trinajstić information content (AvgIpc) is 2.98. The number of piperidine rings is 1. The number of amides is 4. The van der Waals surface area contributed by atoms with E-state index in [2.05, 4.69) is 5.32 Å². The molecule has 0 radical (unpaired) electrons. The molecule has 0 aromatic heterocycles. The molecule has 1 fully saturated rings. The van der Waals surface area contributed by atoms with E-state index in [-0.39, 0.29) is 47.0 Å². The van der Waals surface area contributed by atoms with Gasteiger partial charge in [-0.2, -0.15) is 8.42 Å². The van der Waals surface area contributed by atoms with Crippen LogP contribution in [0, 0.1) is 6.92 Å². The van der Waals surface area contributed by atoms with E-state index in [9.17, 15) is 27.6 Å². The standard InChI is InChI=1S/C22H20N2O8S/c1-3-31-33(29,30)18-8-4-12(2)10-17(18)32-13-5-6-14-15(11-13)22(28)24(21(14)27)16-7-9-19(25)23-20(16)26/h4-6,8,10-11,16H,3,7,9H2,1-2H3,(H,23,25,26). The maximum absolute atomic E-state index is 13.0. The number of aryl methyl sites for hydroxylation is 1. The van der Waals surface area contributed by atoms with Gasteiger partial charge >= 0.3 is 10.1 Å². The number of fused-ring (bicyclic) bond motifs is 1. The Morgan fingerprint density at radius 2 is 1.76 bits per heavy atom. The number of nitrogens with one attached hydrogen (secondary N) is 1. The van der Waals surface area contributed by atoms with Crippen molar-refractivity contribution in [1.82, 2.24) is 10.2 Å². The lowest BCUT2D eigenvalue weighted by molar-refractivity contribution is -0.136. The molecule has 2 aliphatic rings. The molecule has 10 nitrogen and oxygen atoms in total. The van der Waals surface area contributed by atoms with Crippen molar-refractivity contribution in [2.45, 2.75) is 37.6 Å². The SMILES string of the molecule is CCOS(=O)(=O)c1ccc(C)cc1Oc1ccc2c(c1)C(=O)N(C1CCC(=O)NC1=O)C2=O. The molecular weight excluding hydrogens is 452 g/mol. The fourth-order valence-electron chi connectivity index (χ4n) is 3.76. The second kappa shape index (κ2) is 8.41. The van der Waals surface area contributed by atoms with Gasteiger partial charge in [-0.05, 0) is 56.2 Å². The summed E-state index contributed by atoms with van der Waals surface area (Å²) in [6.07, 6.45) is 0.0596. The Labute approximate surface area is 189 Å². The van der Waals surface area contributed by atoms with Crippen LogP contribution in [0.4, 0.5) is 0 Å². The molecule has 1 saturated heterocycles. The Balaban J connectivity index is 1.66. The van der Waals surface area contributed by atoms with Crippen LogP contribution in [0.5, 0.6) is 11.5 Å². The predicted molar refractivity (Wildman–Crippen MR) is 113 cm³/mol. The first kappa shape index (κ1) is 22.6. The van der Waals surface area contributed by atoms with E-state index in [1.807, 2.05) is 0 Å². The van der Waals surface area contributed by atoms with Crippen LogP contribution in [0.1, 0.15) is 46.0 Å². The third kappa shape index (κ3) is 4.12. The number of ether oxygens (including phenoxy) is 1. The van der Waals surface area contributed by atoms with Crippen LogP contribution in [0.2, 0.25) is 0 Å².